The molecule has 10 rings (SSSR count). The van der Waals surface area contributed by atoms with Gasteiger partial charge in [-0.3, -0.25) is 0 Å². The molecule has 0 unspecified atom stereocenters. The average Bonchev–Trinajstić information content (AvgIpc) is 3.86. The van der Waals surface area contributed by atoms with Crippen LogP contribution in [0.3, 0.4) is 0 Å². The number of hydrogen-bond donors (Lipinski definition) is 0. The van der Waals surface area contributed by atoms with Crippen molar-refractivity contribution in [3.63, 3.8) is 0 Å². The molecule has 7 aromatic carbocycles. The summed E-state index contributed by atoms with van der Waals surface area (Å²) in [5, 5.41) is 4.20. The van der Waals surface area contributed by atoms with Gasteiger partial charge in [-0.25, -0.2) is 4.98 Å². The van der Waals surface area contributed by atoms with Crippen molar-refractivity contribution in [2.75, 3.05) is 4.90 Å². The zero-order valence-electron chi connectivity index (χ0n) is 25.6. The first kappa shape index (κ1) is 26.6. The topological polar surface area (TPSA) is 55.6 Å². The van der Waals surface area contributed by atoms with Gasteiger partial charge in [0, 0.05) is 50.4 Å². The van der Waals surface area contributed by atoms with E-state index >= 15 is 0 Å². The lowest BCUT2D eigenvalue weighted by Gasteiger charge is -2.25. The molecule has 3 aromatic heterocycles. The lowest BCUT2D eigenvalue weighted by atomic mass is 10.0. The van der Waals surface area contributed by atoms with Gasteiger partial charge in [-0.15, -0.1) is 0 Å². The smallest absolute Gasteiger partial charge is 0.227 e. The number of furan rings is 2. The van der Waals surface area contributed by atoms with Crippen LogP contribution in [0.1, 0.15) is 0 Å². The van der Waals surface area contributed by atoms with Gasteiger partial charge < -0.3 is 18.2 Å². The van der Waals surface area contributed by atoms with Crippen molar-refractivity contribution in [2.45, 2.75) is 0 Å². The number of fused-ring (bicyclic) bond motifs is 8. The number of benzene rings is 7. The normalized spacial score (nSPS) is 11.8. The van der Waals surface area contributed by atoms with E-state index in [9.17, 15) is 0 Å². The van der Waals surface area contributed by atoms with Crippen molar-refractivity contribution in [2.24, 2.45) is 0 Å². The first-order valence-corrected chi connectivity index (χ1v) is 16.0. The van der Waals surface area contributed by atoms with E-state index in [1.807, 2.05) is 66.7 Å². The Morgan fingerprint density at radius 3 is 1.96 bits per heavy atom. The number of rotatable bonds is 5. The Kier molecular flexibility index (Phi) is 5.81. The number of nitrogens with zero attached hydrogens (tertiary/aromatic N) is 2. The van der Waals surface area contributed by atoms with Crippen LogP contribution in [0.5, 0.6) is 0 Å². The highest BCUT2D eigenvalue weighted by molar-refractivity contribution is 6.19. The molecule has 5 nitrogen and oxygen atoms in total. The van der Waals surface area contributed by atoms with E-state index in [4.69, 9.17) is 18.2 Å². The maximum absolute atomic E-state index is 6.54. The maximum Gasteiger partial charge on any atom is 0.227 e. The first-order valence-electron chi connectivity index (χ1n) is 16.0. The highest BCUT2D eigenvalue weighted by Crippen LogP contribution is 2.42. The molecule has 5 heteroatoms. The van der Waals surface area contributed by atoms with Crippen LogP contribution in [0.25, 0.3) is 77.6 Å². The lowest BCUT2D eigenvalue weighted by Crippen LogP contribution is -2.09. The van der Waals surface area contributed by atoms with E-state index < -0.39 is 0 Å². The number of anilines is 3. The van der Waals surface area contributed by atoms with Crippen LogP contribution >= 0.6 is 0 Å². The zero-order valence-corrected chi connectivity index (χ0v) is 25.6. The average molecular weight is 619 g/mol. The molecule has 0 atom stereocenters. The predicted molar refractivity (Wildman–Crippen MR) is 194 cm³/mol. The van der Waals surface area contributed by atoms with Gasteiger partial charge in [-0.05, 0) is 72.3 Å². The van der Waals surface area contributed by atoms with Crippen LogP contribution in [0.15, 0.2) is 171 Å². The maximum atomic E-state index is 6.54. The number of aromatic nitrogens is 1. The van der Waals surface area contributed by atoms with Crippen molar-refractivity contribution in [1.82, 2.24) is 4.98 Å². The molecular weight excluding hydrogens is 592 g/mol. The van der Waals surface area contributed by atoms with Crippen molar-refractivity contribution >= 4 is 72.0 Å². The summed E-state index contributed by atoms with van der Waals surface area (Å²) >= 11 is 0. The first-order chi connectivity index (χ1) is 23.8. The van der Waals surface area contributed by atoms with E-state index in [1.54, 1.807) is 0 Å². The fourth-order valence-corrected chi connectivity index (χ4v) is 6.87. The Hall–Kier alpha value is -6.59. The molecule has 3 heterocycles. The molecule has 0 saturated carbocycles. The van der Waals surface area contributed by atoms with Crippen LogP contribution in [0, 0.1) is 0 Å². The lowest BCUT2D eigenvalue weighted by molar-refractivity contribution is 0.619. The highest BCUT2D eigenvalue weighted by atomic mass is 16.4. The van der Waals surface area contributed by atoms with Gasteiger partial charge in [0.15, 0.2) is 5.58 Å². The summed E-state index contributed by atoms with van der Waals surface area (Å²) < 4.78 is 19.0. The Bertz CT molecular complexity index is 2770. The Balaban J connectivity index is 1.08. The van der Waals surface area contributed by atoms with E-state index in [2.05, 4.69) is 95.9 Å². The standard InChI is InChI=1S/C43H26N2O3/c1-3-10-28(11-4-1)43-44-41-38(48-43)25-24-37-40(41)35-16-9-15-32(42(35)47-37)27-18-20-30(21-19-27)45(29-12-5-2-6-13-29)31-22-23-34-33-14-7-8-17-36(33)46-39(34)26-31/h1-26H. The quantitative estimate of drug-likeness (QED) is 0.192. The summed E-state index contributed by atoms with van der Waals surface area (Å²) in [6, 6.07) is 53.8. The number of hydrogen-bond acceptors (Lipinski definition) is 5. The number of oxazole rings is 1. The zero-order chi connectivity index (χ0) is 31.6. The molecule has 0 aliphatic carbocycles. The van der Waals surface area contributed by atoms with Crippen LogP contribution < -0.4 is 4.90 Å². The van der Waals surface area contributed by atoms with E-state index in [1.165, 1.54) is 0 Å². The third kappa shape index (κ3) is 4.15. The minimum atomic E-state index is 0.599. The van der Waals surface area contributed by atoms with Gasteiger partial charge >= 0.3 is 0 Å². The van der Waals surface area contributed by atoms with Crippen LogP contribution in [-0.4, -0.2) is 4.98 Å². The summed E-state index contributed by atoms with van der Waals surface area (Å²) in [4.78, 5) is 7.17. The Labute approximate surface area is 274 Å². The molecule has 0 aliphatic rings. The molecule has 226 valence electrons. The summed E-state index contributed by atoms with van der Waals surface area (Å²) in [6.45, 7) is 0. The van der Waals surface area contributed by atoms with E-state index in [0.717, 1.165) is 88.7 Å². The van der Waals surface area contributed by atoms with Crippen molar-refractivity contribution in [3.8, 4) is 22.6 Å². The van der Waals surface area contributed by atoms with Gasteiger partial charge in [0.1, 0.15) is 27.8 Å². The fraction of sp³-hybridized carbons (Fsp3) is 0. The van der Waals surface area contributed by atoms with Gasteiger partial charge in [0.25, 0.3) is 0 Å². The minimum Gasteiger partial charge on any atom is -0.456 e. The molecule has 10 aromatic rings. The second-order valence-corrected chi connectivity index (χ2v) is 12.0. The van der Waals surface area contributed by atoms with Crippen LogP contribution in [-0.2, 0) is 0 Å². The molecule has 0 fully saturated rings. The molecule has 0 bridgehead atoms. The van der Waals surface area contributed by atoms with Gasteiger partial charge in [-0.2, -0.15) is 0 Å². The predicted octanol–water partition coefficient (Wildman–Crippen LogP) is 12.4. The van der Waals surface area contributed by atoms with Gasteiger partial charge in [-0.1, -0.05) is 84.9 Å². The van der Waals surface area contributed by atoms with Gasteiger partial charge in [0.2, 0.25) is 5.89 Å². The van der Waals surface area contributed by atoms with Crippen LogP contribution in [0.2, 0.25) is 0 Å². The second-order valence-electron chi connectivity index (χ2n) is 12.0. The summed E-state index contributed by atoms with van der Waals surface area (Å²) in [7, 11) is 0. The molecule has 0 amide bonds. The summed E-state index contributed by atoms with van der Waals surface area (Å²) in [6.07, 6.45) is 0. The molecule has 0 saturated heterocycles. The van der Waals surface area contributed by atoms with Crippen molar-refractivity contribution in [1.29, 1.82) is 0 Å². The number of para-hydroxylation sites is 3. The van der Waals surface area contributed by atoms with Crippen molar-refractivity contribution in [3.05, 3.63) is 158 Å². The van der Waals surface area contributed by atoms with E-state index in [0.29, 0.717) is 5.89 Å². The molecular formula is C43H26N2O3. The minimum absolute atomic E-state index is 0.599. The SMILES string of the molecule is c1ccc(-c2nc3c(ccc4oc5c(-c6ccc(N(c7ccccc7)c7ccc8c(c7)oc7ccccc78)cc6)cccc5c43)o2)cc1. The third-order valence-electron chi connectivity index (χ3n) is 9.11. The highest BCUT2D eigenvalue weighted by Gasteiger charge is 2.20. The summed E-state index contributed by atoms with van der Waals surface area (Å²) in [5.74, 6) is 0.599. The largest absolute Gasteiger partial charge is 0.456 e. The molecule has 0 aliphatic heterocycles. The Morgan fingerprint density at radius 1 is 0.417 bits per heavy atom. The van der Waals surface area contributed by atoms with Gasteiger partial charge in [0.05, 0.1) is 5.39 Å². The third-order valence-corrected chi connectivity index (χ3v) is 9.11. The molecule has 0 spiro atoms. The fourth-order valence-electron chi connectivity index (χ4n) is 6.87. The molecule has 0 N–H and O–H groups in total. The summed E-state index contributed by atoms with van der Waals surface area (Å²) in [5.41, 5.74) is 11.0. The van der Waals surface area contributed by atoms with Crippen molar-refractivity contribution < 1.29 is 13.3 Å². The van der Waals surface area contributed by atoms with Crippen LogP contribution in [0.4, 0.5) is 17.1 Å². The monoisotopic (exact) mass is 618 g/mol. The van der Waals surface area contributed by atoms with E-state index in [-0.39, 0.29) is 0 Å². The molecule has 48 heavy (non-hydrogen) atoms. The Morgan fingerprint density at radius 2 is 1.10 bits per heavy atom. The molecule has 0 radical (unpaired) electrons. The second kappa shape index (κ2) is 10.5.